The smallest absolute Gasteiger partial charge is 0.410 e. The van der Waals surface area contributed by atoms with Crippen molar-refractivity contribution in [3.05, 3.63) is 72.3 Å². The second-order valence-electron chi connectivity index (χ2n) is 9.37. The minimum absolute atomic E-state index is 0.351. The zero-order valence-electron chi connectivity index (χ0n) is 19.6. The van der Waals surface area contributed by atoms with E-state index in [-0.39, 0.29) is 6.09 Å². The summed E-state index contributed by atoms with van der Waals surface area (Å²) >= 11 is 0. The predicted molar refractivity (Wildman–Crippen MR) is 134 cm³/mol. The molecule has 0 spiro atoms. The molecule has 0 radical (unpaired) electrons. The molecule has 174 valence electrons. The topological polar surface area (TPSA) is 59.8 Å². The molecule has 0 unspecified atom stereocenters. The zero-order valence-corrected chi connectivity index (χ0v) is 19.6. The number of rotatable bonds is 3. The van der Waals surface area contributed by atoms with Crippen LogP contribution in [0.2, 0.25) is 0 Å². The number of likely N-dealkylation sites (tertiary alicyclic amines) is 1. The highest BCUT2D eigenvalue weighted by Gasteiger charge is 2.38. The van der Waals surface area contributed by atoms with E-state index in [0.29, 0.717) is 31.7 Å². The molecular formula is C28H30N4O2. The van der Waals surface area contributed by atoms with Gasteiger partial charge in [0.15, 0.2) is 0 Å². The number of carbonyl (C=O) groups is 1. The number of benzene rings is 3. The molecule has 3 aromatic carbocycles. The first kappa shape index (κ1) is 22.2. The van der Waals surface area contributed by atoms with Gasteiger partial charge in [0.1, 0.15) is 5.75 Å². The van der Waals surface area contributed by atoms with Crippen LogP contribution in [0.4, 0.5) is 10.5 Å². The highest BCUT2D eigenvalue weighted by Crippen LogP contribution is 2.35. The summed E-state index contributed by atoms with van der Waals surface area (Å²) in [5.41, 5.74) is 1.66. The average Bonchev–Trinajstić information content (AvgIpc) is 2.89. The number of piperidine rings is 1. The summed E-state index contributed by atoms with van der Waals surface area (Å²) in [5, 5.41) is 12.1. The molecule has 2 fully saturated rings. The molecule has 2 heterocycles. The molecule has 0 aromatic heterocycles. The number of hydrogen-bond donors (Lipinski definition) is 0. The van der Waals surface area contributed by atoms with Crippen molar-refractivity contribution in [2.75, 3.05) is 51.2 Å². The maximum Gasteiger partial charge on any atom is 0.415 e. The van der Waals surface area contributed by atoms with E-state index in [9.17, 15) is 10.1 Å². The fourth-order valence-corrected chi connectivity index (χ4v) is 5.08. The Labute approximate surface area is 200 Å². The van der Waals surface area contributed by atoms with Gasteiger partial charge in [0.25, 0.3) is 0 Å². The van der Waals surface area contributed by atoms with E-state index in [0.717, 1.165) is 42.5 Å². The van der Waals surface area contributed by atoms with E-state index in [1.807, 2.05) is 48.5 Å². The van der Waals surface area contributed by atoms with Crippen molar-refractivity contribution < 1.29 is 9.53 Å². The van der Waals surface area contributed by atoms with E-state index >= 15 is 0 Å². The van der Waals surface area contributed by atoms with Crippen LogP contribution < -0.4 is 9.64 Å². The van der Waals surface area contributed by atoms with Crippen LogP contribution in [-0.2, 0) is 5.41 Å². The number of nitriles is 1. The third kappa shape index (κ3) is 4.32. The van der Waals surface area contributed by atoms with E-state index in [2.05, 4.69) is 41.1 Å². The standard InChI is InChI=1S/C28H30N4O2/c1-30-16-18-31(19-17-30)26-9-5-6-22-10-11-24(20-25(22)26)34-27(33)32-14-12-28(21-29,13-15-32)23-7-3-2-4-8-23/h2-11,20H,12-19H2,1H3. The Morgan fingerprint density at radius 1 is 0.912 bits per heavy atom. The number of carbonyl (C=O) groups excluding carboxylic acids is 1. The molecule has 34 heavy (non-hydrogen) atoms. The molecule has 0 atom stereocenters. The van der Waals surface area contributed by atoms with Crippen LogP contribution in [0.1, 0.15) is 18.4 Å². The predicted octanol–water partition coefficient (Wildman–Crippen LogP) is 4.65. The first-order valence-electron chi connectivity index (χ1n) is 12.0. The summed E-state index contributed by atoms with van der Waals surface area (Å²) in [6.45, 7) is 5.04. The molecule has 5 rings (SSSR count). The van der Waals surface area contributed by atoms with Crippen LogP contribution in [0.3, 0.4) is 0 Å². The number of ether oxygens (including phenoxy) is 1. The van der Waals surface area contributed by atoms with Gasteiger partial charge in [0.2, 0.25) is 0 Å². The molecule has 2 saturated heterocycles. The Bertz CT molecular complexity index is 1200. The van der Waals surface area contributed by atoms with Crippen molar-refractivity contribution in [1.82, 2.24) is 9.80 Å². The second kappa shape index (κ2) is 9.36. The van der Waals surface area contributed by atoms with Gasteiger partial charge in [-0.25, -0.2) is 4.79 Å². The molecule has 2 aliphatic rings. The summed E-state index contributed by atoms with van der Waals surface area (Å²) in [5.74, 6) is 0.555. The van der Waals surface area contributed by atoms with E-state index in [1.54, 1.807) is 4.90 Å². The lowest BCUT2D eigenvalue weighted by Gasteiger charge is -2.37. The van der Waals surface area contributed by atoms with Crippen molar-refractivity contribution in [2.45, 2.75) is 18.3 Å². The van der Waals surface area contributed by atoms with Crippen molar-refractivity contribution in [3.63, 3.8) is 0 Å². The Balaban J connectivity index is 1.30. The summed E-state index contributed by atoms with van der Waals surface area (Å²) in [6, 6.07) is 24.6. The summed E-state index contributed by atoms with van der Waals surface area (Å²) in [7, 11) is 2.15. The molecule has 6 nitrogen and oxygen atoms in total. The molecule has 6 heteroatoms. The molecular weight excluding hydrogens is 424 g/mol. The van der Waals surface area contributed by atoms with Gasteiger partial charge in [-0.3, -0.25) is 0 Å². The van der Waals surface area contributed by atoms with Crippen molar-refractivity contribution in [3.8, 4) is 11.8 Å². The Kier molecular flexibility index (Phi) is 6.12. The number of hydrogen-bond acceptors (Lipinski definition) is 5. The van der Waals surface area contributed by atoms with E-state index in [1.165, 1.54) is 5.69 Å². The first-order valence-corrected chi connectivity index (χ1v) is 12.0. The minimum atomic E-state index is -0.543. The average molecular weight is 455 g/mol. The quantitative estimate of drug-likeness (QED) is 0.577. The van der Waals surface area contributed by atoms with Crippen molar-refractivity contribution in [1.29, 1.82) is 5.26 Å². The molecule has 0 saturated carbocycles. The van der Waals surface area contributed by atoms with Crippen LogP contribution in [0, 0.1) is 11.3 Å². The fraction of sp³-hybridized carbons (Fsp3) is 0.357. The van der Waals surface area contributed by atoms with Crippen LogP contribution in [0.25, 0.3) is 10.8 Å². The van der Waals surface area contributed by atoms with Crippen molar-refractivity contribution in [2.24, 2.45) is 0 Å². The number of likely N-dealkylation sites (N-methyl/N-ethyl adjacent to an activating group) is 1. The first-order chi connectivity index (χ1) is 16.6. The number of piperazine rings is 1. The maximum atomic E-state index is 13.0. The van der Waals surface area contributed by atoms with E-state index in [4.69, 9.17) is 4.74 Å². The Morgan fingerprint density at radius 3 is 2.35 bits per heavy atom. The number of nitrogens with zero attached hydrogens (tertiary/aromatic N) is 4. The Hall–Kier alpha value is -3.56. The lowest BCUT2D eigenvalue weighted by atomic mass is 9.74. The van der Waals surface area contributed by atoms with Gasteiger partial charge in [-0.05, 0) is 49.0 Å². The highest BCUT2D eigenvalue weighted by molar-refractivity contribution is 5.95. The highest BCUT2D eigenvalue weighted by atomic mass is 16.6. The van der Waals surface area contributed by atoms with Gasteiger partial charge in [-0.1, -0.05) is 48.5 Å². The third-order valence-electron chi connectivity index (χ3n) is 7.30. The SMILES string of the molecule is CN1CCN(c2cccc3ccc(OC(=O)N4CCC(C#N)(c5ccccc5)CC4)cc23)CC1. The summed E-state index contributed by atoms with van der Waals surface area (Å²) in [4.78, 5) is 19.4. The number of fused-ring (bicyclic) bond motifs is 1. The molecule has 3 aromatic rings. The zero-order chi connectivity index (χ0) is 23.5. The van der Waals surface area contributed by atoms with Gasteiger partial charge >= 0.3 is 6.09 Å². The van der Waals surface area contributed by atoms with E-state index < -0.39 is 5.41 Å². The van der Waals surface area contributed by atoms with Gasteiger partial charge < -0.3 is 19.4 Å². The van der Waals surface area contributed by atoms with Crippen LogP contribution in [0.15, 0.2) is 66.7 Å². The van der Waals surface area contributed by atoms with Gasteiger partial charge in [-0.2, -0.15) is 5.26 Å². The monoisotopic (exact) mass is 454 g/mol. The molecule has 0 aliphatic carbocycles. The van der Waals surface area contributed by atoms with Gasteiger partial charge in [0.05, 0.1) is 11.5 Å². The van der Waals surface area contributed by atoms with Crippen molar-refractivity contribution >= 4 is 22.6 Å². The van der Waals surface area contributed by atoms with Gasteiger partial charge in [0, 0.05) is 50.3 Å². The molecule has 1 amide bonds. The lowest BCUT2D eigenvalue weighted by molar-refractivity contribution is 0.131. The fourth-order valence-electron chi connectivity index (χ4n) is 5.08. The minimum Gasteiger partial charge on any atom is -0.410 e. The van der Waals surface area contributed by atoms with Gasteiger partial charge in [-0.15, -0.1) is 0 Å². The number of anilines is 1. The lowest BCUT2D eigenvalue weighted by Crippen LogP contribution is -2.45. The third-order valence-corrected chi connectivity index (χ3v) is 7.30. The Morgan fingerprint density at radius 2 is 1.65 bits per heavy atom. The maximum absolute atomic E-state index is 13.0. The summed E-state index contributed by atoms with van der Waals surface area (Å²) in [6.07, 6.45) is 0.859. The van der Waals surface area contributed by atoms with Crippen LogP contribution >= 0.6 is 0 Å². The molecule has 2 aliphatic heterocycles. The largest absolute Gasteiger partial charge is 0.415 e. The number of amides is 1. The molecule has 0 bridgehead atoms. The normalized spacial score (nSPS) is 18.5. The second-order valence-corrected chi connectivity index (χ2v) is 9.37. The molecule has 0 N–H and O–H groups in total. The van der Waals surface area contributed by atoms with Crippen LogP contribution in [-0.4, -0.2) is 62.2 Å². The van der Waals surface area contributed by atoms with Crippen LogP contribution in [0.5, 0.6) is 5.75 Å². The summed E-state index contributed by atoms with van der Waals surface area (Å²) < 4.78 is 5.81.